The molecule has 0 aliphatic heterocycles. The molecule has 102 valence electrons. The summed E-state index contributed by atoms with van der Waals surface area (Å²) in [5.74, 6) is -3.87. The molecule has 0 bridgehead atoms. The third-order valence-electron chi connectivity index (χ3n) is 2.85. The highest BCUT2D eigenvalue weighted by molar-refractivity contribution is 7.10. The van der Waals surface area contributed by atoms with Gasteiger partial charge in [-0.25, -0.2) is 13.2 Å². The first kappa shape index (κ1) is 14.4. The van der Waals surface area contributed by atoms with Crippen molar-refractivity contribution in [1.29, 1.82) is 0 Å². The fraction of sp³-hybridized carbons (Fsp3) is 0.231. The van der Waals surface area contributed by atoms with Gasteiger partial charge in [-0.05, 0) is 31.0 Å². The van der Waals surface area contributed by atoms with Crippen LogP contribution in [0.25, 0.3) is 0 Å². The molecular formula is C13H11ClF3NS. The van der Waals surface area contributed by atoms with Crippen LogP contribution in [0.15, 0.2) is 17.5 Å². The first-order valence-corrected chi connectivity index (χ1v) is 6.77. The Hall–Kier alpha value is -1.04. The molecule has 1 unspecified atom stereocenters. The molecule has 0 spiro atoms. The number of aryl methyl sites for hydroxylation is 1. The lowest BCUT2D eigenvalue weighted by atomic mass is 10.0. The maximum Gasteiger partial charge on any atom is 0.194 e. The van der Waals surface area contributed by atoms with Crippen LogP contribution >= 0.6 is 22.9 Å². The third kappa shape index (κ3) is 2.50. The normalized spacial score (nSPS) is 12.7. The van der Waals surface area contributed by atoms with E-state index >= 15 is 0 Å². The Morgan fingerprint density at radius 3 is 2.42 bits per heavy atom. The van der Waals surface area contributed by atoms with Crippen LogP contribution in [-0.2, 0) is 0 Å². The van der Waals surface area contributed by atoms with E-state index in [1.807, 2.05) is 12.3 Å². The molecule has 0 saturated carbocycles. The summed E-state index contributed by atoms with van der Waals surface area (Å²) in [5.41, 5.74) is 0.898. The minimum Gasteiger partial charge on any atom is -0.309 e. The number of benzene rings is 1. The summed E-state index contributed by atoms with van der Waals surface area (Å²) in [6.07, 6.45) is 0. The average molecular weight is 306 g/mol. The van der Waals surface area contributed by atoms with Crippen LogP contribution in [0.4, 0.5) is 13.2 Å². The molecule has 1 heterocycles. The quantitative estimate of drug-likeness (QED) is 0.827. The van der Waals surface area contributed by atoms with Crippen molar-refractivity contribution in [2.75, 3.05) is 7.05 Å². The second-order valence-electron chi connectivity index (χ2n) is 4.08. The molecule has 6 heteroatoms. The zero-order valence-electron chi connectivity index (χ0n) is 10.2. The molecule has 0 aliphatic rings. The summed E-state index contributed by atoms with van der Waals surface area (Å²) in [6, 6.07) is 1.52. The molecule has 1 atom stereocenters. The monoisotopic (exact) mass is 305 g/mol. The first-order valence-electron chi connectivity index (χ1n) is 5.51. The molecule has 0 fully saturated rings. The summed E-state index contributed by atoms with van der Waals surface area (Å²) in [4.78, 5) is 0.673. The van der Waals surface area contributed by atoms with Crippen molar-refractivity contribution < 1.29 is 13.2 Å². The minimum atomic E-state index is -1.47. The van der Waals surface area contributed by atoms with Crippen LogP contribution < -0.4 is 5.32 Å². The summed E-state index contributed by atoms with van der Waals surface area (Å²) < 4.78 is 40.1. The van der Waals surface area contributed by atoms with Crippen LogP contribution in [0, 0.1) is 24.4 Å². The Morgan fingerprint density at radius 2 is 1.89 bits per heavy atom. The van der Waals surface area contributed by atoms with Crippen molar-refractivity contribution in [2.24, 2.45) is 0 Å². The zero-order chi connectivity index (χ0) is 14.2. The van der Waals surface area contributed by atoms with Gasteiger partial charge in [-0.15, -0.1) is 11.3 Å². The predicted molar refractivity (Wildman–Crippen MR) is 71.3 cm³/mol. The van der Waals surface area contributed by atoms with Gasteiger partial charge in [0.25, 0.3) is 0 Å². The molecule has 2 aromatic rings. The standard InChI is InChI=1S/C13H11ClF3NS/c1-6-5-19-13(9(6)14)12(18-2)7-3-4-8(15)11(17)10(7)16/h3-5,12,18H,1-2H3. The molecule has 0 radical (unpaired) electrons. The van der Waals surface area contributed by atoms with Gasteiger partial charge in [0.15, 0.2) is 17.5 Å². The Balaban J connectivity index is 2.55. The van der Waals surface area contributed by atoms with Crippen molar-refractivity contribution in [1.82, 2.24) is 5.32 Å². The van der Waals surface area contributed by atoms with E-state index in [-0.39, 0.29) is 5.56 Å². The van der Waals surface area contributed by atoms with Crippen molar-refractivity contribution in [3.63, 3.8) is 0 Å². The smallest absolute Gasteiger partial charge is 0.194 e. The second-order valence-corrected chi connectivity index (χ2v) is 5.37. The third-order valence-corrected chi connectivity index (χ3v) is 4.63. The van der Waals surface area contributed by atoms with Crippen molar-refractivity contribution in [3.05, 3.63) is 56.0 Å². The van der Waals surface area contributed by atoms with Gasteiger partial charge in [-0.1, -0.05) is 17.7 Å². The van der Waals surface area contributed by atoms with Gasteiger partial charge in [0.05, 0.1) is 11.1 Å². The summed E-state index contributed by atoms with van der Waals surface area (Å²) >= 11 is 7.48. The largest absolute Gasteiger partial charge is 0.309 e. The molecular weight excluding hydrogens is 295 g/mol. The van der Waals surface area contributed by atoms with E-state index in [1.165, 1.54) is 17.4 Å². The van der Waals surface area contributed by atoms with Crippen molar-refractivity contribution in [2.45, 2.75) is 13.0 Å². The van der Waals surface area contributed by atoms with Crippen LogP contribution in [-0.4, -0.2) is 7.05 Å². The fourth-order valence-corrected chi connectivity index (χ4v) is 3.26. The molecule has 0 aliphatic carbocycles. The summed E-state index contributed by atoms with van der Waals surface area (Å²) in [5, 5.41) is 5.21. The average Bonchev–Trinajstić information content (AvgIpc) is 2.72. The number of hydrogen-bond donors (Lipinski definition) is 1. The second kappa shape index (κ2) is 5.53. The highest BCUT2D eigenvalue weighted by Crippen LogP contribution is 2.36. The maximum absolute atomic E-state index is 13.8. The Labute approximate surface area is 118 Å². The van der Waals surface area contributed by atoms with Gasteiger partial charge in [0, 0.05) is 10.4 Å². The lowest BCUT2D eigenvalue weighted by Crippen LogP contribution is -2.19. The number of nitrogens with one attached hydrogen (secondary N) is 1. The SMILES string of the molecule is CNC(c1ccc(F)c(F)c1F)c1scc(C)c1Cl. The van der Waals surface area contributed by atoms with Crippen LogP contribution in [0.3, 0.4) is 0 Å². The van der Waals surface area contributed by atoms with E-state index in [0.29, 0.717) is 9.90 Å². The van der Waals surface area contributed by atoms with Crippen molar-refractivity contribution in [3.8, 4) is 0 Å². The maximum atomic E-state index is 13.8. The highest BCUT2D eigenvalue weighted by Gasteiger charge is 2.24. The number of thiophene rings is 1. The van der Waals surface area contributed by atoms with Gasteiger partial charge in [-0.3, -0.25) is 0 Å². The van der Waals surface area contributed by atoms with Gasteiger partial charge < -0.3 is 5.32 Å². The predicted octanol–water partition coefficient (Wildman–Crippen LogP) is 4.44. The van der Waals surface area contributed by atoms with Crippen LogP contribution in [0.5, 0.6) is 0 Å². The molecule has 1 aromatic carbocycles. The summed E-state index contributed by atoms with van der Waals surface area (Å²) in [6.45, 7) is 1.83. The molecule has 1 aromatic heterocycles. The Kier molecular flexibility index (Phi) is 4.18. The first-order chi connectivity index (χ1) is 8.97. The summed E-state index contributed by atoms with van der Waals surface area (Å²) in [7, 11) is 1.61. The zero-order valence-corrected chi connectivity index (χ0v) is 11.8. The lowest BCUT2D eigenvalue weighted by molar-refractivity contribution is 0.435. The lowest BCUT2D eigenvalue weighted by Gasteiger charge is -2.17. The van der Waals surface area contributed by atoms with E-state index in [2.05, 4.69) is 5.32 Å². The van der Waals surface area contributed by atoms with E-state index in [4.69, 9.17) is 11.6 Å². The molecule has 1 N–H and O–H groups in total. The molecule has 0 saturated heterocycles. The minimum absolute atomic E-state index is 0.0325. The molecule has 0 amide bonds. The van der Waals surface area contributed by atoms with Gasteiger partial charge in [-0.2, -0.15) is 0 Å². The van der Waals surface area contributed by atoms with E-state index in [9.17, 15) is 13.2 Å². The highest BCUT2D eigenvalue weighted by atomic mass is 35.5. The molecule has 1 nitrogen and oxygen atoms in total. The fourth-order valence-electron chi connectivity index (χ4n) is 1.84. The van der Waals surface area contributed by atoms with E-state index in [0.717, 1.165) is 11.6 Å². The number of rotatable bonds is 3. The van der Waals surface area contributed by atoms with Gasteiger partial charge in [0.2, 0.25) is 0 Å². The van der Waals surface area contributed by atoms with Crippen LogP contribution in [0.2, 0.25) is 5.02 Å². The van der Waals surface area contributed by atoms with E-state index < -0.39 is 23.5 Å². The van der Waals surface area contributed by atoms with Gasteiger partial charge >= 0.3 is 0 Å². The number of hydrogen-bond acceptors (Lipinski definition) is 2. The Bertz CT molecular complexity index is 612. The van der Waals surface area contributed by atoms with Gasteiger partial charge in [0.1, 0.15) is 0 Å². The van der Waals surface area contributed by atoms with Crippen molar-refractivity contribution >= 4 is 22.9 Å². The number of halogens is 4. The molecule has 19 heavy (non-hydrogen) atoms. The Morgan fingerprint density at radius 1 is 1.21 bits per heavy atom. The molecule has 2 rings (SSSR count). The topological polar surface area (TPSA) is 12.0 Å². The van der Waals surface area contributed by atoms with E-state index in [1.54, 1.807) is 7.05 Å². The van der Waals surface area contributed by atoms with Crippen LogP contribution in [0.1, 0.15) is 22.0 Å².